The third kappa shape index (κ3) is 5.81. The maximum absolute atomic E-state index is 11.8. The number of carbonyl (C=O) groups excluding carboxylic acids is 1. The highest BCUT2D eigenvalue weighted by Crippen LogP contribution is 2.26. The highest BCUT2D eigenvalue weighted by atomic mass is 16.5. The largest absolute Gasteiger partial charge is 0.504 e. The second-order valence-electron chi connectivity index (χ2n) is 5.97. The minimum Gasteiger partial charge on any atom is -0.504 e. The Morgan fingerprint density at radius 1 is 1.19 bits per heavy atom. The second kappa shape index (κ2) is 9.46. The van der Waals surface area contributed by atoms with Gasteiger partial charge in [0.15, 0.2) is 18.1 Å². The van der Waals surface area contributed by atoms with E-state index in [0.29, 0.717) is 29.6 Å². The Bertz CT molecular complexity index is 755. The Hall–Kier alpha value is -3.02. The number of amides is 1. The van der Waals surface area contributed by atoms with Crippen molar-refractivity contribution < 1.29 is 19.4 Å². The second-order valence-corrected chi connectivity index (χ2v) is 5.97. The molecule has 2 aromatic carbocycles. The van der Waals surface area contributed by atoms with Gasteiger partial charge in [-0.1, -0.05) is 26.0 Å². The predicted molar refractivity (Wildman–Crippen MR) is 101 cm³/mol. The Morgan fingerprint density at radius 2 is 1.92 bits per heavy atom. The van der Waals surface area contributed by atoms with Crippen LogP contribution in [0.2, 0.25) is 0 Å². The molecule has 0 spiro atoms. The SMILES string of the molecule is CCOc1cc(/C=N\NC(=O)COc2ccc(C(C)C)cc2)ccc1O. The molecule has 0 aliphatic rings. The van der Waals surface area contributed by atoms with E-state index in [1.54, 1.807) is 12.1 Å². The van der Waals surface area contributed by atoms with Gasteiger partial charge in [-0.2, -0.15) is 5.10 Å². The fourth-order valence-corrected chi connectivity index (χ4v) is 2.19. The molecule has 0 aliphatic carbocycles. The molecule has 1 amide bonds. The summed E-state index contributed by atoms with van der Waals surface area (Å²) < 4.78 is 10.7. The number of aromatic hydroxyl groups is 1. The van der Waals surface area contributed by atoms with Gasteiger partial charge in [-0.05, 0) is 54.3 Å². The van der Waals surface area contributed by atoms with Gasteiger partial charge in [-0.3, -0.25) is 4.79 Å². The molecule has 0 heterocycles. The lowest BCUT2D eigenvalue weighted by atomic mass is 10.0. The van der Waals surface area contributed by atoms with Crippen LogP contribution in [0.5, 0.6) is 17.2 Å². The number of phenolic OH excluding ortho intramolecular Hbond substituents is 1. The molecule has 0 radical (unpaired) electrons. The summed E-state index contributed by atoms with van der Waals surface area (Å²) in [4.78, 5) is 11.8. The summed E-state index contributed by atoms with van der Waals surface area (Å²) in [6.07, 6.45) is 1.47. The van der Waals surface area contributed by atoms with E-state index in [1.807, 2.05) is 31.2 Å². The topological polar surface area (TPSA) is 80.2 Å². The van der Waals surface area contributed by atoms with E-state index in [1.165, 1.54) is 17.8 Å². The molecule has 0 aliphatic heterocycles. The summed E-state index contributed by atoms with van der Waals surface area (Å²) >= 11 is 0. The lowest BCUT2D eigenvalue weighted by molar-refractivity contribution is -0.123. The van der Waals surface area contributed by atoms with E-state index in [4.69, 9.17) is 9.47 Å². The van der Waals surface area contributed by atoms with E-state index < -0.39 is 0 Å². The highest BCUT2D eigenvalue weighted by Gasteiger charge is 2.04. The number of phenols is 1. The van der Waals surface area contributed by atoms with Crippen molar-refractivity contribution in [2.75, 3.05) is 13.2 Å². The van der Waals surface area contributed by atoms with Crippen LogP contribution in [0, 0.1) is 0 Å². The van der Waals surface area contributed by atoms with Crippen LogP contribution in [0.3, 0.4) is 0 Å². The third-order valence-corrected chi connectivity index (χ3v) is 3.60. The van der Waals surface area contributed by atoms with E-state index in [-0.39, 0.29) is 18.3 Å². The van der Waals surface area contributed by atoms with E-state index >= 15 is 0 Å². The van der Waals surface area contributed by atoms with Gasteiger partial charge in [-0.25, -0.2) is 5.43 Å². The van der Waals surface area contributed by atoms with Gasteiger partial charge in [0.1, 0.15) is 5.75 Å². The Balaban J connectivity index is 1.82. The van der Waals surface area contributed by atoms with E-state index in [9.17, 15) is 9.90 Å². The zero-order chi connectivity index (χ0) is 18.9. The average molecular weight is 356 g/mol. The van der Waals surface area contributed by atoms with Crippen LogP contribution in [0.15, 0.2) is 47.6 Å². The first kappa shape index (κ1) is 19.3. The summed E-state index contributed by atoms with van der Waals surface area (Å²) in [7, 11) is 0. The smallest absolute Gasteiger partial charge is 0.277 e. The first-order chi connectivity index (χ1) is 12.5. The summed E-state index contributed by atoms with van der Waals surface area (Å²) in [5.74, 6) is 1.15. The van der Waals surface area contributed by atoms with Crippen molar-refractivity contribution in [3.05, 3.63) is 53.6 Å². The van der Waals surface area contributed by atoms with Gasteiger partial charge < -0.3 is 14.6 Å². The molecule has 0 unspecified atom stereocenters. The number of hydrogen-bond donors (Lipinski definition) is 2. The van der Waals surface area contributed by atoms with Crippen LogP contribution in [0.1, 0.15) is 37.8 Å². The van der Waals surface area contributed by atoms with Crippen LogP contribution >= 0.6 is 0 Å². The van der Waals surface area contributed by atoms with E-state index in [0.717, 1.165) is 0 Å². The number of hydrazone groups is 1. The predicted octanol–water partition coefficient (Wildman–Crippen LogP) is 3.44. The Morgan fingerprint density at radius 3 is 2.58 bits per heavy atom. The van der Waals surface area contributed by atoms with Crippen LogP contribution in [-0.4, -0.2) is 30.4 Å². The number of ether oxygens (including phenoxy) is 2. The highest BCUT2D eigenvalue weighted by molar-refractivity contribution is 5.83. The third-order valence-electron chi connectivity index (χ3n) is 3.60. The standard InChI is InChI=1S/C20H24N2O4/c1-4-25-19-11-15(5-10-18(19)23)12-21-22-20(24)13-26-17-8-6-16(7-9-17)14(2)3/h5-12,14,23H,4,13H2,1-3H3,(H,22,24)/b21-12-. The van der Waals surface area contributed by atoms with Gasteiger partial charge in [0.05, 0.1) is 12.8 Å². The van der Waals surface area contributed by atoms with E-state index in [2.05, 4.69) is 24.4 Å². The van der Waals surface area contributed by atoms with Crippen molar-refractivity contribution in [1.82, 2.24) is 5.43 Å². The summed E-state index contributed by atoms with van der Waals surface area (Å²) in [5, 5.41) is 13.5. The molecule has 0 fully saturated rings. The molecule has 6 nitrogen and oxygen atoms in total. The Kier molecular flexibility index (Phi) is 7.02. The van der Waals surface area contributed by atoms with Gasteiger partial charge in [0, 0.05) is 0 Å². The van der Waals surface area contributed by atoms with Crippen LogP contribution < -0.4 is 14.9 Å². The number of hydrogen-bond acceptors (Lipinski definition) is 5. The van der Waals surface area contributed by atoms with Crippen molar-refractivity contribution >= 4 is 12.1 Å². The fourth-order valence-electron chi connectivity index (χ4n) is 2.19. The van der Waals surface area contributed by atoms with Crippen molar-refractivity contribution in [2.24, 2.45) is 5.10 Å². The molecule has 6 heteroatoms. The zero-order valence-electron chi connectivity index (χ0n) is 15.2. The molecule has 0 atom stereocenters. The lowest BCUT2D eigenvalue weighted by Crippen LogP contribution is -2.24. The summed E-state index contributed by atoms with van der Waals surface area (Å²) in [5.41, 5.74) is 4.31. The summed E-state index contributed by atoms with van der Waals surface area (Å²) in [6.45, 7) is 6.38. The number of nitrogens with zero attached hydrogens (tertiary/aromatic N) is 1. The first-order valence-corrected chi connectivity index (χ1v) is 8.50. The zero-order valence-corrected chi connectivity index (χ0v) is 15.2. The fraction of sp³-hybridized carbons (Fsp3) is 0.300. The van der Waals surface area contributed by atoms with Gasteiger partial charge in [0.25, 0.3) is 5.91 Å². The average Bonchev–Trinajstić information content (AvgIpc) is 2.63. The minimum atomic E-state index is -0.363. The molecule has 0 saturated carbocycles. The van der Waals surface area contributed by atoms with Crippen molar-refractivity contribution in [3.8, 4) is 17.2 Å². The molecular weight excluding hydrogens is 332 g/mol. The molecule has 2 aromatic rings. The minimum absolute atomic E-state index is 0.0601. The maximum atomic E-state index is 11.8. The monoisotopic (exact) mass is 356 g/mol. The summed E-state index contributed by atoms with van der Waals surface area (Å²) in [6, 6.07) is 12.5. The quantitative estimate of drug-likeness (QED) is 0.561. The maximum Gasteiger partial charge on any atom is 0.277 e. The van der Waals surface area contributed by atoms with Crippen molar-refractivity contribution in [1.29, 1.82) is 0 Å². The normalized spacial score (nSPS) is 10.9. The van der Waals surface area contributed by atoms with Crippen molar-refractivity contribution in [3.63, 3.8) is 0 Å². The molecular formula is C20H24N2O4. The molecule has 2 rings (SSSR count). The molecule has 138 valence electrons. The number of benzene rings is 2. The molecule has 0 bridgehead atoms. The lowest BCUT2D eigenvalue weighted by Gasteiger charge is -2.08. The van der Waals surface area contributed by atoms with Crippen LogP contribution in [-0.2, 0) is 4.79 Å². The van der Waals surface area contributed by atoms with Crippen molar-refractivity contribution in [2.45, 2.75) is 26.7 Å². The number of rotatable bonds is 8. The number of nitrogens with one attached hydrogen (secondary N) is 1. The molecule has 2 N–H and O–H groups in total. The van der Waals surface area contributed by atoms with Gasteiger partial charge >= 0.3 is 0 Å². The van der Waals surface area contributed by atoms with Gasteiger partial charge in [-0.15, -0.1) is 0 Å². The Labute approximate surface area is 153 Å². The first-order valence-electron chi connectivity index (χ1n) is 8.50. The molecule has 26 heavy (non-hydrogen) atoms. The molecule has 0 saturated heterocycles. The number of carbonyl (C=O) groups is 1. The van der Waals surface area contributed by atoms with Gasteiger partial charge in [0.2, 0.25) is 0 Å². The van der Waals surface area contributed by atoms with Crippen LogP contribution in [0.4, 0.5) is 0 Å². The van der Waals surface area contributed by atoms with Crippen LogP contribution in [0.25, 0.3) is 0 Å². The molecule has 0 aromatic heterocycles.